The summed E-state index contributed by atoms with van der Waals surface area (Å²) in [6, 6.07) is 9.00. The number of benzene rings is 2. The zero-order chi connectivity index (χ0) is 11.1. The van der Waals surface area contributed by atoms with Gasteiger partial charge in [-0.25, -0.2) is 0 Å². The van der Waals surface area contributed by atoms with Crippen molar-refractivity contribution in [3.05, 3.63) is 51.6 Å². The van der Waals surface area contributed by atoms with Gasteiger partial charge in [0, 0.05) is 23.9 Å². The summed E-state index contributed by atoms with van der Waals surface area (Å²) in [5.74, 6) is 0. The van der Waals surface area contributed by atoms with Crippen molar-refractivity contribution in [2.75, 3.05) is 0 Å². The van der Waals surface area contributed by atoms with Crippen molar-refractivity contribution in [1.82, 2.24) is 0 Å². The second-order valence-corrected chi connectivity index (χ2v) is 3.78. The number of rotatable bonds is 1. The van der Waals surface area contributed by atoms with Crippen molar-refractivity contribution < 1.29 is 4.92 Å². The van der Waals surface area contributed by atoms with Crippen LogP contribution in [0.4, 0.5) is 5.69 Å². The molecule has 1 heterocycles. The molecule has 0 unspecified atom stereocenters. The minimum Gasteiger partial charge on any atom is -0.288 e. The van der Waals surface area contributed by atoms with Crippen LogP contribution < -0.4 is 0 Å². The molecule has 78 valence electrons. The molecule has 0 fully saturated rings. The zero-order valence-electron chi connectivity index (χ0n) is 8.38. The fourth-order valence-electron chi connectivity index (χ4n) is 2.11. The standard InChI is InChI=1S/C12H8N2O2/c15-14(16)11-4-8-2-1-3-9-6-13-7-10(5-11)12(8)9/h1-5,7H,6H2. The molecule has 0 aliphatic carbocycles. The summed E-state index contributed by atoms with van der Waals surface area (Å²) in [6.45, 7) is 0.655. The minimum absolute atomic E-state index is 0.119. The molecule has 0 radical (unpaired) electrons. The lowest BCUT2D eigenvalue weighted by atomic mass is 9.97. The van der Waals surface area contributed by atoms with E-state index in [9.17, 15) is 10.1 Å². The number of aliphatic imine (C=N–C) groups is 1. The molecule has 2 aromatic rings. The predicted molar refractivity (Wildman–Crippen MR) is 61.9 cm³/mol. The molecule has 1 aliphatic rings. The van der Waals surface area contributed by atoms with Crippen LogP contribution in [0, 0.1) is 10.1 Å². The normalized spacial score (nSPS) is 13.0. The Morgan fingerprint density at radius 3 is 3.00 bits per heavy atom. The number of nitro benzene ring substituents is 1. The summed E-state index contributed by atoms with van der Waals surface area (Å²) >= 11 is 0. The third-order valence-electron chi connectivity index (χ3n) is 2.78. The summed E-state index contributed by atoms with van der Waals surface area (Å²) < 4.78 is 0. The molecule has 16 heavy (non-hydrogen) atoms. The summed E-state index contributed by atoms with van der Waals surface area (Å²) in [5, 5.41) is 12.8. The van der Waals surface area contributed by atoms with E-state index >= 15 is 0 Å². The monoisotopic (exact) mass is 212 g/mol. The Bertz CT molecular complexity index is 632. The number of hydrogen-bond donors (Lipinski definition) is 0. The van der Waals surface area contributed by atoms with Gasteiger partial charge >= 0.3 is 0 Å². The van der Waals surface area contributed by atoms with Crippen LogP contribution in [0.1, 0.15) is 11.1 Å². The molecule has 0 aromatic heterocycles. The lowest BCUT2D eigenvalue weighted by molar-refractivity contribution is -0.384. The summed E-state index contributed by atoms with van der Waals surface area (Å²) in [5.41, 5.74) is 2.09. The van der Waals surface area contributed by atoms with Gasteiger partial charge in [0.05, 0.1) is 11.5 Å². The molecule has 4 nitrogen and oxygen atoms in total. The highest BCUT2D eigenvalue weighted by Gasteiger charge is 2.14. The van der Waals surface area contributed by atoms with Crippen molar-refractivity contribution in [1.29, 1.82) is 0 Å². The van der Waals surface area contributed by atoms with Gasteiger partial charge in [-0.3, -0.25) is 15.1 Å². The number of nitrogens with zero attached hydrogens (tertiary/aromatic N) is 2. The van der Waals surface area contributed by atoms with Crippen LogP contribution in [0.5, 0.6) is 0 Å². The van der Waals surface area contributed by atoms with Crippen LogP contribution in [0.2, 0.25) is 0 Å². The summed E-state index contributed by atoms with van der Waals surface area (Å²) in [6.07, 6.45) is 1.71. The second-order valence-electron chi connectivity index (χ2n) is 3.78. The first-order chi connectivity index (χ1) is 7.75. The van der Waals surface area contributed by atoms with E-state index < -0.39 is 0 Å². The fourth-order valence-corrected chi connectivity index (χ4v) is 2.11. The first-order valence-electron chi connectivity index (χ1n) is 4.95. The topological polar surface area (TPSA) is 55.5 Å². The van der Waals surface area contributed by atoms with Gasteiger partial charge in [-0.2, -0.15) is 0 Å². The van der Waals surface area contributed by atoms with Gasteiger partial charge in [0.25, 0.3) is 5.69 Å². The predicted octanol–water partition coefficient (Wildman–Crippen LogP) is 2.68. The highest BCUT2D eigenvalue weighted by molar-refractivity contribution is 6.04. The first-order valence-corrected chi connectivity index (χ1v) is 4.95. The fraction of sp³-hybridized carbons (Fsp3) is 0.0833. The Kier molecular flexibility index (Phi) is 1.77. The van der Waals surface area contributed by atoms with E-state index in [1.807, 2.05) is 18.2 Å². The molecule has 1 aliphatic heterocycles. The van der Waals surface area contributed by atoms with Crippen LogP contribution in [-0.2, 0) is 6.54 Å². The molecule has 0 atom stereocenters. The van der Waals surface area contributed by atoms with Gasteiger partial charge in [-0.1, -0.05) is 18.2 Å². The van der Waals surface area contributed by atoms with Crippen LogP contribution in [0.15, 0.2) is 35.3 Å². The Labute approximate surface area is 91.4 Å². The molecule has 2 aromatic carbocycles. The van der Waals surface area contributed by atoms with E-state index in [0.29, 0.717) is 6.54 Å². The molecule has 3 rings (SSSR count). The first kappa shape index (κ1) is 9.03. The minimum atomic E-state index is -0.370. The average Bonchev–Trinajstić information content (AvgIpc) is 2.29. The molecule has 0 spiro atoms. The van der Waals surface area contributed by atoms with Crippen molar-refractivity contribution in [3.63, 3.8) is 0 Å². The number of non-ortho nitro benzene ring substituents is 1. The molecule has 0 saturated heterocycles. The maximum absolute atomic E-state index is 10.8. The number of nitro groups is 1. The summed E-state index contributed by atoms with van der Waals surface area (Å²) in [7, 11) is 0. The van der Waals surface area contributed by atoms with E-state index in [2.05, 4.69) is 4.99 Å². The van der Waals surface area contributed by atoms with Gasteiger partial charge in [-0.15, -0.1) is 0 Å². The molecule has 0 saturated carbocycles. The molecular weight excluding hydrogens is 204 g/mol. The Morgan fingerprint density at radius 1 is 1.31 bits per heavy atom. The second kappa shape index (κ2) is 3.13. The lowest BCUT2D eigenvalue weighted by Crippen LogP contribution is -1.99. The third kappa shape index (κ3) is 1.20. The van der Waals surface area contributed by atoms with Gasteiger partial charge in [0.1, 0.15) is 0 Å². The average molecular weight is 212 g/mol. The Morgan fingerprint density at radius 2 is 2.19 bits per heavy atom. The van der Waals surface area contributed by atoms with E-state index in [0.717, 1.165) is 21.9 Å². The third-order valence-corrected chi connectivity index (χ3v) is 2.78. The maximum atomic E-state index is 10.8. The van der Waals surface area contributed by atoms with Crippen molar-refractivity contribution in [2.24, 2.45) is 4.99 Å². The Hall–Kier alpha value is -2.23. The Balaban J connectivity index is 2.43. The van der Waals surface area contributed by atoms with E-state index in [-0.39, 0.29) is 10.6 Å². The quantitative estimate of drug-likeness (QED) is 0.539. The van der Waals surface area contributed by atoms with Crippen LogP contribution in [0.25, 0.3) is 10.8 Å². The van der Waals surface area contributed by atoms with Gasteiger partial charge in [0.15, 0.2) is 0 Å². The van der Waals surface area contributed by atoms with Crippen LogP contribution in [0.3, 0.4) is 0 Å². The molecule has 4 heteroatoms. The molecular formula is C12H8N2O2. The van der Waals surface area contributed by atoms with Gasteiger partial charge in [-0.05, 0) is 16.3 Å². The van der Waals surface area contributed by atoms with Crippen molar-refractivity contribution in [3.8, 4) is 0 Å². The SMILES string of the molecule is O=[N+]([O-])c1cc2c3c(cccc3c1)CN=C2. The van der Waals surface area contributed by atoms with Crippen LogP contribution in [-0.4, -0.2) is 11.1 Å². The van der Waals surface area contributed by atoms with E-state index in [1.54, 1.807) is 18.3 Å². The zero-order valence-corrected chi connectivity index (χ0v) is 8.38. The molecule has 0 N–H and O–H groups in total. The van der Waals surface area contributed by atoms with E-state index in [1.165, 1.54) is 0 Å². The van der Waals surface area contributed by atoms with Crippen molar-refractivity contribution in [2.45, 2.75) is 6.54 Å². The van der Waals surface area contributed by atoms with Crippen molar-refractivity contribution >= 4 is 22.7 Å². The van der Waals surface area contributed by atoms with E-state index in [4.69, 9.17) is 0 Å². The highest BCUT2D eigenvalue weighted by atomic mass is 16.6. The van der Waals surface area contributed by atoms with Gasteiger partial charge in [0.2, 0.25) is 0 Å². The maximum Gasteiger partial charge on any atom is 0.270 e. The number of hydrogen-bond acceptors (Lipinski definition) is 3. The van der Waals surface area contributed by atoms with Gasteiger partial charge < -0.3 is 0 Å². The largest absolute Gasteiger partial charge is 0.288 e. The smallest absolute Gasteiger partial charge is 0.270 e. The summed E-state index contributed by atoms with van der Waals surface area (Å²) in [4.78, 5) is 14.6. The molecule has 0 amide bonds. The highest BCUT2D eigenvalue weighted by Crippen LogP contribution is 2.29. The molecule has 0 bridgehead atoms. The lowest BCUT2D eigenvalue weighted by Gasteiger charge is -2.11. The van der Waals surface area contributed by atoms with Crippen LogP contribution >= 0.6 is 0 Å².